The first-order valence-electron chi connectivity index (χ1n) is 5.74. The smallest absolute Gasteiger partial charge is 0.328 e. The van der Waals surface area contributed by atoms with Crippen molar-refractivity contribution in [2.45, 2.75) is 19.9 Å². The predicted molar refractivity (Wildman–Crippen MR) is 65.5 cm³/mol. The molecule has 1 aliphatic heterocycles. The number of carbonyl (C=O) groups is 1. The summed E-state index contributed by atoms with van der Waals surface area (Å²) in [6.45, 7) is 5.52. The van der Waals surface area contributed by atoms with E-state index in [9.17, 15) is 9.90 Å². The molecule has 1 saturated heterocycles. The molecule has 0 amide bonds. The van der Waals surface area contributed by atoms with Crippen LogP contribution >= 0.6 is 0 Å². The molecule has 0 aliphatic carbocycles. The minimum atomic E-state index is -0.828. The second kappa shape index (κ2) is 4.75. The van der Waals surface area contributed by atoms with Crippen molar-refractivity contribution < 1.29 is 14.6 Å². The number of aryl methyl sites for hydroxylation is 1. The summed E-state index contributed by atoms with van der Waals surface area (Å²) in [6.07, 6.45) is 0. The molecule has 0 aromatic heterocycles. The number of rotatable bonds is 2. The van der Waals surface area contributed by atoms with E-state index in [-0.39, 0.29) is 6.61 Å². The lowest BCUT2D eigenvalue weighted by atomic mass is 10.1. The van der Waals surface area contributed by atoms with Crippen LogP contribution in [0.1, 0.15) is 11.1 Å². The van der Waals surface area contributed by atoms with Gasteiger partial charge in [0, 0.05) is 12.2 Å². The Labute approximate surface area is 101 Å². The lowest BCUT2D eigenvalue weighted by Gasteiger charge is -2.35. The number of hydrogen-bond donors (Lipinski definition) is 1. The van der Waals surface area contributed by atoms with Crippen molar-refractivity contribution in [1.82, 2.24) is 0 Å². The largest absolute Gasteiger partial charge is 0.480 e. The summed E-state index contributed by atoms with van der Waals surface area (Å²) < 4.78 is 5.24. The monoisotopic (exact) mass is 235 g/mol. The maximum atomic E-state index is 11.2. The molecule has 17 heavy (non-hydrogen) atoms. The highest BCUT2D eigenvalue weighted by Crippen LogP contribution is 2.26. The Hall–Kier alpha value is -1.55. The Morgan fingerprint density at radius 2 is 2.24 bits per heavy atom. The number of aliphatic carboxylic acids is 1. The Kier molecular flexibility index (Phi) is 3.33. The van der Waals surface area contributed by atoms with Gasteiger partial charge in [0.05, 0.1) is 13.2 Å². The van der Waals surface area contributed by atoms with E-state index in [2.05, 4.69) is 0 Å². The first kappa shape index (κ1) is 11.9. The third-order valence-corrected chi connectivity index (χ3v) is 3.30. The van der Waals surface area contributed by atoms with Gasteiger partial charge < -0.3 is 14.7 Å². The molecule has 1 N–H and O–H groups in total. The Balaban J connectivity index is 2.36. The molecule has 92 valence electrons. The van der Waals surface area contributed by atoms with Gasteiger partial charge in [-0.3, -0.25) is 0 Å². The maximum Gasteiger partial charge on any atom is 0.328 e. The minimum absolute atomic E-state index is 0.253. The second-order valence-corrected chi connectivity index (χ2v) is 4.34. The number of anilines is 1. The molecule has 4 heteroatoms. The summed E-state index contributed by atoms with van der Waals surface area (Å²) in [4.78, 5) is 13.1. The summed E-state index contributed by atoms with van der Waals surface area (Å²) in [5.41, 5.74) is 3.32. The zero-order valence-electron chi connectivity index (χ0n) is 10.1. The Morgan fingerprint density at radius 3 is 2.94 bits per heavy atom. The Bertz CT molecular complexity index is 431. The fourth-order valence-electron chi connectivity index (χ4n) is 2.14. The van der Waals surface area contributed by atoms with Crippen molar-refractivity contribution in [3.63, 3.8) is 0 Å². The SMILES string of the molecule is Cc1cccc(N2CCOCC2C(=O)O)c1C. The normalized spacial score (nSPS) is 20.4. The van der Waals surface area contributed by atoms with E-state index in [0.29, 0.717) is 13.2 Å². The molecular weight excluding hydrogens is 218 g/mol. The van der Waals surface area contributed by atoms with Crippen molar-refractivity contribution >= 4 is 11.7 Å². The van der Waals surface area contributed by atoms with Crippen molar-refractivity contribution in [2.24, 2.45) is 0 Å². The van der Waals surface area contributed by atoms with Crippen LogP contribution in [0.3, 0.4) is 0 Å². The third kappa shape index (κ3) is 2.26. The molecule has 0 radical (unpaired) electrons. The molecule has 1 unspecified atom stereocenters. The van der Waals surface area contributed by atoms with E-state index >= 15 is 0 Å². The summed E-state index contributed by atoms with van der Waals surface area (Å²) in [7, 11) is 0. The number of nitrogens with zero attached hydrogens (tertiary/aromatic N) is 1. The lowest BCUT2D eigenvalue weighted by molar-refractivity contribution is -0.141. The fourth-order valence-corrected chi connectivity index (χ4v) is 2.14. The summed E-state index contributed by atoms with van der Waals surface area (Å²) >= 11 is 0. The summed E-state index contributed by atoms with van der Waals surface area (Å²) in [5.74, 6) is -0.828. The number of benzene rings is 1. The molecule has 1 aromatic carbocycles. The molecule has 1 fully saturated rings. The molecule has 1 heterocycles. The summed E-state index contributed by atoms with van der Waals surface area (Å²) in [5, 5.41) is 9.21. The highest BCUT2D eigenvalue weighted by Gasteiger charge is 2.30. The molecule has 1 aliphatic rings. The van der Waals surface area contributed by atoms with Gasteiger partial charge in [0.2, 0.25) is 0 Å². The van der Waals surface area contributed by atoms with E-state index in [1.807, 2.05) is 36.9 Å². The lowest BCUT2D eigenvalue weighted by Crippen LogP contribution is -2.50. The fraction of sp³-hybridized carbons (Fsp3) is 0.462. The van der Waals surface area contributed by atoms with Gasteiger partial charge in [0.1, 0.15) is 0 Å². The number of carboxylic acid groups (broad SMARTS) is 1. The molecule has 1 atom stereocenters. The average molecular weight is 235 g/mol. The van der Waals surface area contributed by atoms with Crippen molar-refractivity contribution in [2.75, 3.05) is 24.7 Å². The molecule has 4 nitrogen and oxygen atoms in total. The number of ether oxygens (including phenoxy) is 1. The first-order valence-corrected chi connectivity index (χ1v) is 5.74. The van der Waals surface area contributed by atoms with Gasteiger partial charge in [-0.1, -0.05) is 12.1 Å². The van der Waals surface area contributed by atoms with Crippen LogP contribution in [-0.4, -0.2) is 36.9 Å². The van der Waals surface area contributed by atoms with Gasteiger partial charge >= 0.3 is 5.97 Å². The number of morpholine rings is 1. The van der Waals surface area contributed by atoms with Crippen molar-refractivity contribution in [3.8, 4) is 0 Å². The van der Waals surface area contributed by atoms with Gasteiger partial charge in [0.25, 0.3) is 0 Å². The van der Waals surface area contributed by atoms with E-state index in [1.165, 1.54) is 5.56 Å². The molecule has 0 bridgehead atoms. The maximum absolute atomic E-state index is 11.2. The van der Waals surface area contributed by atoms with Crippen LogP contribution < -0.4 is 4.90 Å². The molecule has 1 aromatic rings. The van der Waals surface area contributed by atoms with E-state index < -0.39 is 12.0 Å². The molecule has 0 saturated carbocycles. The molecular formula is C13H17NO3. The van der Waals surface area contributed by atoms with Gasteiger partial charge in [-0.15, -0.1) is 0 Å². The highest BCUT2D eigenvalue weighted by molar-refractivity contribution is 5.79. The van der Waals surface area contributed by atoms with E-state index in [1.54, 1.807) is 0 Å². The van der Waals surface area contributed by atoms with Crippen LogP contribution in [0.5, 0.6) is 0 Å². The first-order chi connectivity index (χ1) is 8.11. The zero-order valence-corrected chi connectivity index (χ0v) is 10.1. The Morgan fingerprint density at radius 1 is 1.47 bits per heavy atom. The van der Waals surface area contributed by atoms with Gasteiger partial charge in [-0.2, -0.15) is 0 Å². The number of carboxylic acids is 1. The standard InChI is InChI=1S/C13H17NO3/c1-9-4-3-5-11(10(9)2)14-6-7-17-8-12(14)13(15)16/h3-5,12H,6-8H2,1-2H3,(H,15,16). The zero-order chi connectivity index (χ0) is 12.4. The highest BCUT2D eigenvalue weighted by atomic mass is 16.5. The summed E-state index contributed by atoms with van der Waals surface area (Å²) in [6, 6.07) is 5.40. The minimum Gasteiger partial charge on any atom is -0.480 e. The molecule has 0 spiro atoms. The molecule has 2 rings (SSSR count). The van der Waals surface area contributed by atoms with Gasteiger partial charge in [-0.25, -0.2) is 4.79 Å². The van der Waals surface area contributed by atoms with Crippen LogP contribution in [0.4, 0.5) is 5.69 Å². The van der Waals surface area contributed by atoms with Crippen LogP contribution in [0.25, 0.3) is 0 Å². The van der Waals surface area contributed by atoms with Crippen LogP contribution in [-0.2, 0) is 9.53 Å². The van der Waals surface area contributed by atoms with Gasteiger partial charge in [-0.05, 0) is 31.0 Å². The van der Waals surface area contributed by atoms with Crippen LogP contribution in [0.2, 0.25) is 0 Å². The average Bonchev–Trinajstić information content (AvgIpc) is 2.33. The van der Waals surface area contributed by atoms with E-state index in [4.69, 9.17) is 4.74 Å². The van der Waals surface area contributed by atoms with E-state index in [0.717, 1.165) is 11.3 Å². The second-order valence-electron chi connectivity index (χ2n) is 4.34. The number of hydrogen-bond acceptors (Lipinski definition) is 3. The predicted octanol–water partition coefficient (Wildman–Crippen LogP) is 1.59. The topological polar surface area (TPSA) is 49.8 Å². The van der Waals surface area contributed by atoms with Crippen molar-refractivity contribution in [3.05, 3.63) is 29.3 Å². The van der Waals surface area contributed by atoms with Crippen LogP contribution in [0.15, 0.2) is 18.2 Å². The van der Waals surface area contributed by atoms with Gasteiger partial charge in [0.15, 0.2) is 6.04 Å². The van der Waals surface area contributed by atoms with Crippen molar-refractivity contribution in [1.29, 1.82) is 0 Å². The quantitative estimate of drug-likeness (QED) is 0.845. The third-order valence-electron chi connectivity index (χ3n) is 3.30. The van der Waals surface area contributed by atoms with Crippen LogP contribution in [0, 0.1) is 13.8 Å².